The van der Waals surface area contributed by atoms with Crippen molar-refractivity contribution in [2.45, 2.75) is 19.5 Å². The van der Waals surface area contributed by atoms with Crippen LogP contribution in [-0.2, 0) is 6.54 Å². The van der Waals surface area contributed by atoms with Crippen LogP contribution in [0, 0.1) is 5.82 Å². The Labute approximate surface area is 194 Å². The van der Waals surface area contributed by atoms with Gasteiger partial charge in [0.05, 0.1) is 5.02 Å². The molecular weight excluding hydrogens is 451 g/mol. The summed E-state index contributed by atoms with van der Waals surface area (Å²) in [5.41, 5.74) is 0.553. The summed E-state index contributed by atoms with van der Waals surface area (Å²) in [5.74, 6) is -0.800. The highest BCUT2D eigenvalue weighted by Crippen LogP contribution is 2.30. The maximum atomic E-state index is 14.2. The second-order valence-corrected chi connectivity index (χ2v) is 8.25. The Balaban J connectivity index is 1.40. The van der Waals surface area contributed by atoms with E-state index >= 15 is 0 Å². The van der Waals surface area contributed by atoms with E-state index in [0.717, 1.165) is 10.2 Å². The molecule has 33 heavy (non-hydrogen) atoms. The van der Waals surface area contributed by atoms with Gasteiger partial charge in [0, 0.05) is 44.5 Å². The minimum absolute atomic E-state index is 0.142. The minimum atomic E-state index is -1.19. The fraction of sp³-hybridized carbons (Fsp3) is 0.261. The van der Waals surface area contributed by atoms with Crippen molar-refractivity contribution in [1.82, 2.24) is 19.6 Å². The molecule has 0 bridgehead atoms. The Bertz CT molecular complexity index is 1180. The first-order chi connectivity index (χ1) is 15.8. The first-order valence-corrected chi connectivity index (χ1v) is 10.7. The monoisotopic (exact) mass is 472 g/mol. The van der Waals surface area contributed by atoms with E-state index in [1.165, 1.54) is 24.4 Å². The summed E-state index contributed by atoms with van der Waals surface area (Å²) in [5, 5.41) is 13.3. The largest absolute Gasteiger partial charge is 0.476 e. The summed E-state index contributed by atoms with van der Waals surface area (Å²) in [6.45, 7) is 3.95. The van der Waals surface area contributed by atoms with Gasteiger partial charge in [-0.05, 0) is 42.8 Å². The molecule has 4 rings (SSSR count). The fourth-order valence-electron chi connectivity index (χ4n) is 3.82. The highest BCUT2D eigenvalue weighted by atomic mass is 35.5. The lowest BCUT2D eigenvalue weighted by atomic mass is 10.1. The van der Waals surface area contributed by atoms with Crippen molar-refractivity contribution in [3.05, 3.63) is 76.8 Å². The molecule has 0 radical (unpaired) electrons. The van der Waals surface area contributed by atoms with Crippen molar-refractivity contribution in [2.24, 2.45) is 0 Å². The molecule has 1 fully saturated rings. The van der Waals surface area contributed by atoms with Crippen LogP contribution in [0.1, 0.15) is 23.0 Å². The first kappa shape index (κ1) is 22.8. The van der Waals surface area contributed by atoms with Gasteiger partial charge in [-0.1, -0.05) is 23.7 Å². The number of carboxylic acids is 1. The van der Waals surface area contributed by atoms with Gasteiger partial charge in [0.15, 0.2) is 5.69 Å². The molecule has 0 spiro atoms. The third-order valence-electron chi connectivity index (χ3n) is 5.36. The van der Waals surface area contributed by atoms with Gasteiger partial charge in [0.2, 0.25) is 0 Å². The zero-order valence-corrected chi connectivity index (χ0v) is 18.6. The zero-order chi connectivity index (χ0) is 23.5. The number of piperazine rings is 1. The number of amides is 1. The number of carboxylic acid groups (broad SMARTS) is 1. The van der Waals surface area contributed by atoms with Crippen LogP contribution in [0.15, 0.2) is 54.7 Å². The molecule has 1 aliphatic rings. The van der Waals surface area contributed by atoms with Crippen LogP contribution >= 0.6 is 11.6 Å². The van der Waals surface area contributed by atoms with Crippen LogP contribution in [0.4, 0.5) is 9.18 Å². The van der Waals surface area contributed by atoms with Gasteiger partial charge in [-0.3, -0.25) is 4.90 Å². The van der Waals surface area contributed by atoms with Crippen molar-refractivity contribution in [1.29, 1.82) is 0 Å². The minimum Gasteiger partial charge on any atom is -0.476 e. The summed E-state index contributed by atoms with van der Waals surface area (Å²) < 4.78 is 21.0. The molecule has 3 aromatic rings. The van der Waals surface area contributed by atoms with Gasteiger partial charge in [-0.15, -0.1) is 0 Å². The second-order valence-electron chi connectivity index (χ2n) is 7.84. The molecule has 1 atom stereocenters. The number of para-hydroxylation sites is 1. The van der Waals surface area contributed by atoms with E-state index in [1.54, 1.807) is 35.2 Å². The molecule has 1 saturated heterocycles. The van der Waals surface area contributed by atoms with E-state index in [-0.39, 0.29) is 17.8 Å². The van der Waals surface area contributed by atoms with Crippen LogP contribution < -0.4 is 4.74 Å². The lowest BCUT2D eigenvalue weighted by Crippen LogP contribution is -2.54. The van der Waals surface area contributed by atoms with E-state index in [9.17, 15) is 14.0 Å². The molecular formula is C23H22ClFN4O4. The molecule has 0 aliphatic carbocycles. The molecule has 2 heterocycles. The third kappa shape index (κ3) is 5.32. The molecule has 1 aromatic heterocycles. The number of hydrogen-bond donors (Lipinski definition) is 1. The van der Waals surface area contributed by atoms with E-state index in [2.05, 4.69) is 10.00 Å². The number of hydrogen-bond acceptors (Lipinski definition) is 5. The highest BCUT2D eigenvalue weighted by molar-refractivity contribution is 6.32. The predicted molar refractivity (Wildman–Crippen MR) is 119 cm³/mol. The molecule has 0 unspecified atom stereocenters. The van der Waals surface area contributed by atoms with E-state index in [1.807, 2.05) is 6.92 Å². The Kier molecular flexibility index (Phi) is 6.62. The molecule has 1 amide bonds. The topological polar surface area (TPSA) is 87.9 Å². The van der Waals surface area contributed by atoms with Crippen LogP contribution in [-0.4, -0.2) is 62.4 Å². The molecule has 8 nitrogen and oxygen atoms in total. The van der Waals surface area contributed by atoms with Gasteiger partial charge in [-0.2, -0.15) is 9.78 Å². The standard InChI is InChI=1S/C23H22ClFN4O4/c1-15-13-27(8-9-28(15)23(32)29-7-6-20(26-29)22(30)31)14-16-10-17(25)12-18(11-16)33-21-5-3-2-4-19(21)24/h2-7,10-12,15H,8-9,13-14H2,1H3,(H,30,31)/t15-/m0/s1. The lowest BCUT2D eigenvalue weighted by Gasteiger charge is -2.39. The number of nitrogens with zero attached hydrogens (tertiary/aromatic N) is 4. The number of carbonyl (C=O) groups excluding carboxylic acids is 1. The van der Waals surface area contributed by atoms with Crippen molar-refractivity contribution in [2.75, 3.05) is 19.6 Å². The van der Waals surface area contributed by atoms with Gasteiger partial charge in [0.1, 0.15) is 17.3 Å². The SMILES string of the molecule is C[C@H]1CN(Cc2cc(F)cc(Oc3ccccc3Cl)c2)CCN1C(=O)n1ccc(C(=O)O)n1. The number of aromatic nitrogens is 2. The average molecular weight is 473 g/mol. The van der Waals surface area contributed by atoms with Gasteiger partial charge in [0.25, 0.3) is 0 Å². The zero-order valence-electron chi connectivity index (χ0n) is 17.8. The number of carbonyl (C=O) groups is 2. The molecule has 10 heteroatoms. The van der Waals surface area contributed by atoms with Gasteiger partial charge >= 0.3 is 12.0 Å². The number of halogens is 2. The fourth-order valence-corrected chi connectivity index (χ4v) is 3.99. The maximum Gasteiger partial charge on any atom is 0.356 e. The Hall–Kier alpha value is -3.43. The van der Waals surface area contributed by atoms with Crippen molar-refractivity contribution >= 4 is 23.6 Å². The van der Waals surface area contributed by atoms with Crippen molar-refractivity contribution in [3.63, 3.8) is 0 Å². The molecule has 1 aliphatic heterocycles. The first-order valence-electron chi connectivity index (χ1n) is 10.3. The van der Waals surface area contributed by atoms with Crippen LogP contribution in [0.25, 0.3) is 0 Å². The van der Waals surface area contributed by atoms with E-state index < -0.39 is 11.8 Å². The number of benzene rings is 2. The predicted octanol–water partition coefficient (Wildman–Crippen LogP) is 4.34. The average Bonchev–Trinajstić information content (AvgIpc) is 3.25. The van der Waals surface area contributed by atoms with E-state index in [0.29, 0.717) is 42.7 Å². The summed E-state index contributed by atoms with van der Waals surface area (Å²) in [7, 11) is 0. The third-order valence-corrected chi connectivity index (χ3v) is 5.68. The van der Waals surface area contributed by atoms with Crippen molar-refractivity contribution in [3.8, 4) is 11.5 Å². The normalized spacial score (nSPS) is 16.6. The molecule has 1 N–H and O–H groups in total. The Morgan fingerprint density at radius 3 is 2.70 bits per heavy atom. The number of aromatic carboxylic acids is 1. The van der Waals surface area contributed by atoms with Gasteiger partial charge in [-0.25, -0.2) is 14.0 Å². The van der Waals surface area contributed by atoms with Gasteiger partial charge < -0.3 is 14.7 Å². The number of ether oxygens (including phenoxy) is 1. The lowest BCUT2D eigenvalue weighted by molar-refractivity contribution is 0.0689. The summed E-state index contributed by atoms with van der Waals surface area (Å²) >= 11 is 6.13. The smallest absolute Gasteiger partial charge is 0.356 e. The summed E-state index contributed by atoms with van der Waals surface area (Å²) in [6.07, 6.45) is 1.35. The molecule has 0 saturated carbocycles. The molecule has 2 aromatic carbocycles. The Morgan fingerprint density at radius 1 is 1.21 bits per heavy atom. The molecule has 172 valence electrons. The second kappa shape index (κ2) is 9.60. The Morgan fingerprint density at radius 2 is 2.00 bits per heavy atom. The van der Waals surface area contributed by atoms with Crippen LogP contribution in [0.5, 0.6) is 11.5 Å². The highest BCUT2D eigenvalue weighted by Gasteiger charge is 2.29. The summed E-state index contributed by atoms with van der Waals surface area (Å²) in [6, 6.07) is 12.3. The maximum absolute atomic E-state index is 14.2. The summed E-state index contributed by atoms with van der Waals surface area (Å²) in [4.78, 5) is 27.5. The quantitative estimate of drug-likeness (QED) is 0.594. The van der Waals surface area contributed by atoms with E-state index in [4.69, 9.17) is 21.4 Å². The van der Waals surface area contributed by atoms with Crippen LogP contribution in [0.3, 0.4) is 0 Å². The number of rotatable bonds is 5. The van der Waals surface area contributed by atoms with Crippen LogP contribution in [0.2, 0.25) is 5.02 Å². The van der Waals surface area contributed by atoms with Crippen molar-refractivity contribution < 1.29 is 23.8 Å².